The molecule has 3 aliphatic heterocycles. The van der Waals surface area contributed by atoms with E-state index in [9.17, 15) is 9.59 Å². The fraction of sp³-hybridized carbons (Fsp3) is 0.368. The summed E-state index contributed by atoms with van der Waals surface area (Å²) in [6, 6.07) is 10.5. The highest BCUT2D eigenvalue weighted by atomic mass is 32.1. The molecule has 5 rings (SSSR count). The van der Waals surface area contributed by atoms with Crippen LogP contribution in [0.2, 0.25) is 0 Å². The highest BCUT2D eigenvalue weighted by Gasteiger charge is 2.35. The van der Waals surface area contributed by atoms with Crippen LogP contribution in [0, 0.1) is 5.92 Å². The summed E-state index contributed by atoms with van der Waals surface area (Å²) in [7, 11) is 0. The monoisotopic (exact) mass is 371 g/mol. The van der Waals surface area contributed by atoms with Crippen molar-refractivity contribution in [2.75, 3.05) is 19.6 Å². The molecule has 0 spiro atoms. The van der Waals surface area contributed by atoms with Gasteiger partial charge >= 0.3 is 0 Å². The number of primary amides is 1. The second kappa shape index (κ2) is 7.09. The summed E-state index contributed by atoms with van der Waals surface area (Å²) in [4.78, 5) is 26.9. The standard InChI is InChI=1S/C19H21N3O3S/c20-18(23)13-2-1-3-14(10-13)25-17-5-4-16(26-17)19(24)21-15-11-22-8-6-12(15)7-9-22/h1-5,10,12,15H,6-9,11H2,(H2,20,23)(H,21,24)/t15-/m0/s1. The zero-order valence-corrected chi connectivity index (χ0v) is 15.1. The molecule has 0 saturated carbocycles. The van der Waals surface area contributed by atoms with Crippen LogP contribution in [0.15, 0.2) is 36.4 Å². The highest BCUT2D eigenvalue weighted by Crippen LogP contribution is 2.31. The van der Waals surface area contributed by atoms with E-state index in [4.69, 9.17) is 10.5 Å². The van der Waals surface area contributed by atoms with Gasteiger partial charge in [0.2, 0.25) is 5.91 Å². The van der Waals surface area contributed by atoms with Gasteiger partial charge in [-0.05, 0) is 62.2 Å². The minimum atomic E-state index is -0.501. The Morgan fingerprint density at radius 2 is 2.00 bits per heavy atom. The summed E-state index contributed by atoms with van der Waals surface area (Å²) in [6.07, 6.45) is 2.33. The molecule has 3 N–H and O–H groups in total. The number of amides is 2. The average molecular weight is 371 g/mol. The van der Waals surface area contributed by atoms with E-state index in [1.807, 2.05) is 0 Å². The van der Waals surface area contributed by atoms with Crippen LogP contribution in [0.1, 0.15) is 32.9 Å². The maximum absolute atomic E-state index is 12.6. The van der Waals surface area contributed by atoms with E-state index in [0.717, 1.165) is 19.6 Å². The number of rotatable bonds is 5. The summed E-state index contributed by atoms with van der Waals surface area (Å²) in [5.74, 6) is 0.567. The van der Waals surface area contributed by atoms with Crippen molar-refractivity contribution in [1.82, 2.24) is 10.2 Å². The van der Waals surface area contributed by atoms with E-state index in [0.29, 0.717) is 27.2 Å². The first-order valence-electron chi connectivity index (χ1n) is 8.79. The van der Waals surface area contributed by atoms with Gasteiger partial charge in [0.25, 0.3) is 5.91 Å². The quantitative estimate of drug-likeness (QED) is 0.846. The van der Waals surface area contributed by atoms with Gasteiger partial charge in [0.15, 0.2) is 5.06 Å². The Kier molecular flexibility index (Phi) is 4.65. The third-order valence-corrected chi connectivity index (χ3v) is 6.08. The second-order valence-electron chi connectivity index (χ2n) is 6.83. The van der Waals surface area contributed by atoms with Gasteiger partial charge in [-0.15, -0.1) is 0 Å². The Balaban J connectivity index is 1.40. The number of carbonyl (C=O) groups excluding carboxylic acids is 2. The Bertz CT molecular complexity index is 827. The molecule has 3 aliphatic rings. The van der Waals surface area contributed by atoms with Gasteiger partial charge in [-0.2, -0.15) is 0 Å². The zero-order valence-electron chi connectivity index (χ0n) is 14.3. The molecule has 3 fully saturated rings. The lowest BCUT2D eigenvalue weighted by Crippen LogP contribution is -2.57. The molecular weight excluding hydrogens is 350 g/mol. The van der Waals surface area contributed by atoms with Crippen LogP contribution in [0.4, 0.5) is 0 Å². The smallest absolute Gasteiger partial charge is 0.261 e. The van der Waals surface area contributed by atoms with Crippen molar-refractivity contribution in [2.24, 2.45) is 11.7 Å². The number of thiophene rings is 1. The minimum Gasteiger partial charge on any atom is -0.447 e. The summed E-state index contributed by atoms with van der Waals surface area (Å²) in [5.41, 5.74) is 5.67. The van der Waals surface area contributed by atoms with E-state index in [1.165, 1.54) is 24.2 Å². The molecule has 0 unspecified atom stereocenters. The largest absolute Gasteiger partial charge is 0.447 e. The molecule has 1 aromatic heterocycles. The number of hydrogen-bond acceptors (Lipinski definition) is 5. The molecule has 2 bridgehead atoms. The fourth-order valence-electron chi connectivity index (χ4n) is 3.69. The molecule has 26 heavy (non-hydrogen) atoms. The number of hydrogen-bond donors (Lipinski definition) is 2. The number of nitrogens with one attached hydrogen (secondary N) is 1. The van der Waals surface area contributed by atoms with E-state index in [1.54, 1.807) is 36.4 Å². The Morgan fingerprint density at radius 3 is 2.69 bits per heavy atom. The van der Waals surface area contributed by atoms with Crippen LogP contribution in [0.5, 0.6) is 10.8 Å². The van der Waals surface area contributed by atoms with Crippen LogP contribution >= 0.6 is 11.3 Å². The van der Waals surface area contributed by atoms with Crippen molar-refractivity contribution < 1.29 is 14.3 Å². The predicted molar refractivity (Wildman–Crippen MR) is 99.8 cm³/mol. The van der Waals surface area contributed by atoms with Crippen molar-refractivity contribution in [3.05, 3.63) is 46.8 Å². The number of piperidine rings is 3. The fourth-order valence-corrected chi connectivity index (χ4v) is 4.47. The summed E-state index contributed by atoms with van der Waals surface area (Å²) < 4.78 is 5.76. The molecule has 0 aliphatic carbocycles. The lowest BCUT2D eigenvalue weighted by Gasteiger charge is -2.44. The Hall–Kier alpha value is -2.38. The van der Waals surface area contributed by atoms with Crippen molar-refractivity contribution in [2.45, 2.75) is 18.9 Å². The third kappa shape index (κ3) is 3.59. The average Bonchev–Trinajstić information content (AvgIpc) is 3.11. The van der Waals surface area contributed by atoms with Gasteiger partial charge in [-0.1, -0.05) is 17.4 Å². The van der Waals surface area contributed by atoms with Crippen LogP contribution in [-0.2, 0) is 0 Å². The van der Waals surface area contributed by atoms with Crippen molar-refractivity contribution in [3.8, 4) is 10.8 Å². The van der Waals surface area contributed by atoms with Crippen molar-refractivity contribution in [3.63, 3.8) is 0 Å². The number of nitrogens with two attached hydrogens (primary N) is 1. The number of benzene rings is 1. The van der Waals surface area contributed by atoms with Gasteiger partial charge in [0, 0.05) is 18.2 Å². The molecule has 136 valence electrons. The molecule has 2 amide bonds. The summed E-state index contributed by atoms with van der Waals surface area (Å²) in [5, 5.41) is 3.78. The first-order valence-corrected chi connectivity index (χ1v) is 9.61. The second-order valence-corrected chi connectivity index (χ2v) is 7.88. The van der Waals surface area contributed by atoms with Crippen molar-refractivity contribution >= 4 is 23.2 Å². The predicted octanol–water partition coefficient (Wildman–Crippen LogP) is 2.46. The van der Waals surface area contributed by atoms with Gasteiger partial charge in [0.05, 0.1) is 4.88 Å². The van der Waals surface area contributed by atoms with E-state index >= 15 is 0 Å². The van der Waals surface area contributed by atoms with E-state index in [2.05, 4.69) is 10.2 Å². The van der Waals surface area contributed by atoms with Gasteiger partial charge < -0.3 is 20.7 Å². The number of carbonyl (C=O) groups is 2. The molecule has 0 radical (unpaired) electrons. The lowest BCUT2D eigenvalue weighted by atomic mass is 9.84. The maximum Gasteiger partial charge on any atom is 0.261 e. The molecule has 1 aromatic carbocycles. The zero-order chi connectivity index (χ0) is 18.1. The maximum atomic E-state index is 12.6. The van der Waals surface area contributed by atoms with E-state index < -0.39 is 5.91 Å². The van der Waals surface area contributed by atoms with Crippen molar-refractivity contribution in [1.29, 1.82) is 0 Å². The molecule has 1 atom stereocenters. The molecule has 4 heterocycles. The van der Waals surface area contributed by atoms with Crippen LogP contribution in [0.3, 0.4) is 0 Å². The van der Waals surface area contributed by atoms with E-state index in [-0.39, 0.29) is 11.9 Å². The number of fused-ring (bicyclic) bond motifs is 3. The lowest BCUT2D eigenvalue weighted by molar-refractivity contribution is 0.0622. The highest BCUT2D eigenvalue weighted by molar-refractivity contribution is 7.15. The summed E-state index contributed by atoms with van der Waals surface area (Å²) in [6.45, 7) is 3.25. The van der Waals surface area contributed by atoms with Crippen LogP contribution in [-0.4, -0.2) is 42.4 Å². The van der Waals surface area contributed by atoms with Crippen LogP contribution in [0.25, 0.3) is 0 Å². The SMILES string of the molecule is NC(=O)c1cccc(Oc2ccc(C(=O)N[C@H]3CN4CCC3CC4)s2)c1. The molecule has 7 heteroatoms. The molecule has 6 nitrogen and oxygen atoms in total. The Labute approximate surface area is 155 Å². The van der Waals surface area contributed by atoms with Crippen LogP contribution < -0.4 is 15.8 Å². The normalized spacial score (nSPS) is 24.2. The third-order valence-electron chi connectivity index (χ3n) is 5.11. The first kappa shape index (κ1) is 17.1. The summed E-state index contributed by atoms with van der Waals surface area (Å²) >= 11 is 1.29. The van der Waals surface area contributed by atoms with Gasteiger partial charge in [-0.25, -0.2) is 0 Å². The Morgan fingerprint density at radius 1 is 1.19 bits per heavy atom. The molecule has 3 saturated heterocycles. The number of nitrogens with zero attached hydrogens (tertiary/aromatic N) is 1. The first-order chi connectivity index (χ1) is 12.6. The topological polar surface area (TPSA) is 84.7 Å². The van der Waals surface area contributed by atoms with Gasteiger partial charge in [-0.3, -0.25) is 9.59 Å². The molecule has 2 aromatic rings. The number of ether oxygens (including phenoxy) is 1. The minimum absolute atomic E-state index is 0.0468. The molecular formula is C19H21N3O3S. The van der Waals surface area contributed by atoms with Gasteiger partial charge in [0.1, 0.15) is 5.75 Å².